The molecule has 0 unspecified atom stereocenters. The molecule has 1 rings (SSSR count). The zero-order chi connectivity index (χ0) is 10.6. The van der Waals surface area contributed by atoms with Gasteiger partial charge in [0.2, 0.25) is 0 Å². The van der Waals surface area contributed by atoms with E-state index in [1.807, 2.05) is 19.1 Å². The van der Waals surface area contributed by atoms with Gasteiger partial charge in [-0.1, -0.05) is 47.5 Å². The molecular weight excluding hydrogens is 217 g/mol. The van der Waals surface area contributed by atoms with Gasteiger partial charge in [-0.3, -0.25) is 0 Å². The molecule has 1 nitrogen and oxygen atoms in total. The third-order valence-corrected chi connectivity index (χ3v) is 2.63. The molecule has 0 amide bonds. The Morgan fingerprint density at radius 3 is 2.79 bits per heavy atom. The normalized spacial score (nSPS) is 10.2. The molecule has 0 atom stereocenters. The summed E-state index contributed by atoms with van der Waals surface area (Å²) in [6.45, 7) is 7.29. The largest absolute Gasteiger partial charge is 0.309 e. The number of hydrogen-bond donors (Lipinski definition) is 1. The van der Waals surface area contributed by atoms with Crippen molar-refractivity contribution in [2.75, 3.05) is 6.54 Å². The minimum absolute atomic E-state index is 0.598. The van der Waals surface area contributed by atoms with Gasteiger partial charge in [0.15, 0.2) is 0 Å². The van der Waals surface area contributed by atoms with Gasteiger partial charge in [-0.2, -0.15) is 0 Å². The smallest absolute Gasteiger partial charge is 0.0637 e. The maximum Gasteiger partial charge on any atom is 0.0637 e. The van der Waals surface area contributed by atoms with E-state index in [1.54, 1.807) is 6.07 Å². The summed E-state index contributed by atoms with van der Waals surface area (Å²) in [5, 5.41) is 4.45. The SMILES string of the molecule is C=C(C)CNCc1cccc(Cl)c1Cl. The maximum absolute atomic E-state index is 6.01. The van der Waals surface area contributed by atoms with E-state index in [0.29, 0.717) is 16.6 Å². The Morgan fingerprint density at radius 1 is 1.43 bits per heavy atom. The molecule has 0 aliphatic heterocycles. The second-order valence-corrected chi connectivity index (χ2v) is 4.06. The summed E-state index contributed by atoms with van der Waals surface area (Å²) in [4.78, 5) is 0. The second kappa shape index (κ2) is 5.40. The van der Waals surface area contributed by atoms with Crippen molar-refractivity contribution < 1.29 is 0 Å². The summed E-state index contributed by atoms with van der Waals surface area (Å²) in [6.07, 6.45) is 0. The molecule has 14 heavy (non-hydrogen) atoms. The highest BCUT2D eigenvalue weighted by atomic mass is 35.5. The Morgan fingerprint density at radius 2 is 2.14 bits per heavy atom. The lowest BCUT2D eigenvalue weighted by molar-refractivity contribution is 0.741. The van der Waals surface area contributed by atoms with Crippen LogP contribution in [-0.2, 0) is 6.54 Å². The predicted octanol–water partition coefficient (Wildman–Crippen LogP) is 3.66. The first-order chi connectivity index (χ1) is 6.61. The van der Waals surface area contributed by atoms with Crippen molar-refractivity contribution >= 4 is 23.2 Å². The van der Waals surface area contributed by atoms with Crippen LogP contribution in [0.15, 0.2) is 30.4 Å². The fourth-order valence-electron chi connectivity index (χ4n) is 1.10. The van der Waals surface area contributed by atoms with Crippen molar-refractivity contribution in [3.8, 4) is 0 Å². The molecule has 0 aliphatic carbocycles. The summed E-state index contributed by atoms with van der Waals surface area (Å²) in [5.41, 5.74) is 2.11. The average Bonchev–Trinajstić information content (AvgIpc) is 2.12. The molecule has 0 aromatic heterocycles. The monoisotopic (exact) mass is 229 g/mol. The molecule has 3 heteroatoms. The van der Waals surface area contributed by atoms with Gasteiger partial charge in [0.05, 0.1) is 10.0 Å². The molecule has 1 N–H and O–H groups in total. The second-order valence-electron chi connectivity index (χ2n) is 3.27. The van der Waals surface area contributed by atoms with Gasteiger partial charge in [0.25, 0.3) is 0 Å². The van der Waals surface area contributed by atoms with E-state index in [4.69, 9.17) is 23.2 Å². The summed E-state index contributed by atoms with van der Waals surface area (Å²) in [6, 6.07) is 5.64. The van der Waals surface area contributed by atoms with Crippen LogP contribution in [0.25, 0.3) is 0 Å². The van der Waals surface area contributed by atoms with Crippen molar-refractivity contribution in [3.63, 3.8) is 0 Å². The van der Waals surface area contributed by atoms with Crippen molar-refractivity contribution in [3.05, 3.63) is 46.0 Å². The molecule has 0 bridgehead atoms. The maximum atomic E-state index is 6.01. The molecule has 0 heterocycles. The van der Waals surface area contributed by atoms with Crippen molar-refractivity contribution in [1.82, 2.24) is 5.32 Å². The number of rotatable bonds is 4. The standard InChI is InChI=1S/C11H13Cl2N/c1-8(2)6-14-7-9-4-3-5-10(12)11(9)13/h3-5,14H,1,6-7H2,2H3. The van der Waals surface area contributed by atoms with Gasteiger partial charge in [0, 0.05) is 13.1 Å². The fourth-order valence-corrected chi connectivity index (χ4v) is 1.48. The molecular formula is C11H13Cl2N. The van der Waals surface area contributed by atoms with Crippen LogP contribution < -0.4 is 5.32 Å². The van der Waals surface area contributed by atoms with Crippen molar-refractivity contribution in [2.24, 2.45) is 0 Å². The van der Waals surface area contributed by atoms with E-state index >= 15 is 0 Å². The van der Waals surface area contributed by atoms with Crippen molar-refractivity contribution in [2.45, 2.75) is 13.5 Å². The lowest BCUT2D eigenvalue weighted by atomic mass is 10.2. The van der Waals surface area contributed by atoms with Crippen LogP contribution in [0.5, 0.6) is 0 Å². The van der Waals surface area contributed by atoms with E-state index in [9.17, 15) is 0 Å². The van der Waals surface area contributed by atoms with E-state index < -0.39 is 0 Å². The highest BCUT2D eigenvalue weighted by Crippen LogP contribution is 2.25. The van der Waals surface area contributed by atoms with Crippen LogP contribution in [0, 0.1) is 0 Å². The third kappa shape index (κ3) is 3.33. The molecule has 0 fully saturated rings. The Balaban J connectivity index is 2.59. The molecule has 1 aromatic carbocycles. The van der Waals surface area contributed by atoms with Gasteiger partial charge in [0.1, 0.15) is 0 Å². The van der Waals surface area contributed by atoms with Crippen LogP contribution >= 0.6 is 23.2 Å². The van der Waals surface area contributed by atoms with Crippen molar-refractivity contribution in [1.29, 1.82) is 0 Å². The summed E-state index contributed by atoms with van der Waals surface area (Å²) in [7, 11) is 0. The minimum atomic E-state index is 0.598. The third-order valence-electron chi connectivity index (χ3n) is 1.77. The lowest BCUT2D eigenvalue weighted by Crippen LogP contribution is -2.15. The van der Waals surface area contributed by atoms with E-state index in [2.05, 4.69) is 11.9 Å². The molecule has 0 aliphatic rings. The quantitative estimate of drug-likeness (QED) is 0.778. The number of nitrogens with one attached hydrogen (secondary N) is 1. The first-order valence-electron chi connectivity index (χ1n) is 4.39. The summed E-state index contributed by atoms with van der Waals surface area (Å²) in [5.74, 6) is 0. The molecule has 0 saturated heterocycles. The molecule has 0 spiro atoms. The van der Waals surface area contributed by atoms with E-state index in [1.165, 1.54) is 0 Å². The lowest BCUT2D eigenvalue weighted by Gasteiger charge is -2.07. The topological polar surface area (TPSA) is 12.0 Å². The number of benzene rings is 1. The Hall–Kier alpha value is -0.500. The molecule has 0 radical (unpaired) electrons. The van der Waals surface area contributed by atoms with Gasteiger partial charge < -0.3 is 5.32 Å². The van der Waals surface area contributed by atoms with Gasteiger partial charge in [-0.15, -0.1) is 0 Å². The number of halogens is 2. The molecule has 76 valence electrons. The van der Waals surface area contributed by atoms with Gasteiger partial charge in [-0.25, -0.2) is 0 Å². The first-order valence-corrected chi connectivity index (χ1v) is 5.15. The highest BCUT2D eigenvalue weighted by molar-refractivity contribution is 6.42. The summed E-state index contributed by atoms with van der Waals surface area (Å²) < 4.78 is 0. The van der Waals surface area contributed by atoms with E-state index in [-0.39, 0.29) is 0 Å². The van der Waals surface area contributed by atoms with Crippen LogP contribution in [0.2, 0.25) is 10.0 Å². The molecule has 1 aromatic rings. The highest BCUT2D eigenvalue weighted by Gasteiger charge is 2.02. The zero-order valence-corrected chi connectivity index (χ0v) is 9.62. The first kappa shape index (κ1) is 11.6. The number of hydrogen-bond acceptors (Lipinski definition) is 1. The zero-order valence-electron chi connectivity index (χ0n) is 8.11. The fraction of sp³-hybridized carbons (Fsp3) is 0.273. The van der Waals surface area contributed by atoms with Crippen LogP contribution in [0.4, 0.5) is 0 Å². The Kier molecular flexibility index (Phi) is 4.46. The minimum Gasteiger partial charge on any atom is -0.309 e. The van der Waals surface area contributed by atoms with Crippen LogP contribution in [-0.4, -0.2) is 6.54 Å². The summed E-state index contributed by atoms with van der Waals surface area (Å²) >= 11 is 11.9. The predicted molar refractivity (Wildman–Crippen MR) is 63.0 cm³/mol. The van der Waals surface area contributed by atoms with E-state index in [0.717, 1.165) is 17.7 Å². The van der Waals surface area contributed by atoms with Gasteiger partial charge in [-0.05, 0) is 18.6 Å². The Labute approximate surface area is 94.7 Å². The van der Waals surface area contributed by atoms with Gasteiger partial charge >= 0.3 is 0 Å². The average molecular weight is 230 g/mol. The molecule has 0 saturated carbocycles. The Bertz CT molecular complexity index is 334. The van der Waals surface area contributed by atoms with Crippen LogP contribution in [0.3, 0.4) is 0 Å². The van der Waals surface area contributed by atoms with Crippen LogP contribution in [0.1, 0.15) is 12.5 Å².